The molecule has 0 spiro atoms. The van der Waals surface area contributed by atoms with Gasteiger partial charge in [-0.2, -0.15) is 0 Å². The van der Waals surface area contributed by atoms with Crippen molar-refractivity contribution in [2.75, 3.05) is 11.9 Å². The number of anilines is 1. The molecule has 128 valence electrons. The van der Waals surface area contributed by atoms with Crippen LogP contribution in [0, 0.1) is 13.8 Å². The molecule has 0 aliphatic carbocycles. The largest absolute Gasteiger partial charge is 0.493 e. The quantitative estimate of drug-likeness (QED) is 0.764. The van der Waals surface area contributed by atoms with Crippen molar-refractivity contribution < 1.29 is 14.6 Å². The molecule has 0 saturated carbocycles. The maximum absolute atomic E-state index is 11.5. The minimum atomic E-state index is -0.955. The molecule has 1 aliphatic rings. The Labute approximate surface area is 145 Å². The third-order valence-corrected chi connectivity index (χ3v) is 4.73. The molecule has 0 bridgehead atoms. The molecule has 0 saturated heterocycles. The Morgan fingerprint density at radius 2 is 2.16 bits per heavy atom. The Kier molecular flexibility index (Phi) is 3.60. The van der Waals surface area contributed by atoms with Gasteiger partial charge in [-0.15, -0.1) is 0 Å². The molecule has 1 unspecified atom stereocenters. The van der Waals surface area contributed by atoms with Crippen LogP contribution in [0.1, 0.15) is 39.8 Å². The predicted molar refractivity (Wildman–Crippen MR) is 94.5 cm³/mol. The van der Waals surface area contributed by atoms with E-state index >= 15 is 0 Å². The number of fused-ring (bicyclic) bond motifs is 2. The number of aryl methyl sites for hydroxylation is 2. The van der Waals surface area contributed by atoms with E-state index in [0.717, 1.165) is 40.5 Å². The Morgan fingerprint density at radius 1 is 1.36 bits per heavy atom. The second kappa shape index (κ2) is 5.81. The number of nitrogens with one attached hydrogen (secondary N) is 1. The molecule has 3 heterocycles. The zero-order chi connectivity index (χ0) is 17.6. The fourth-order valence-corrected chi connectivity index (χ4v) is 3.27. The highest BCUT2D eigenvalue weighted by atomic mass is 16.5. The fraction of sp³-hybridized carbons (Fsp3) is 0.263. The van der Waals surface area contributed by atoms with Crippen molar-refractivity contribution in [3.63, 3.8) is 0 Å². The van der Waals surface area contributed by atoms with E-state index in [1.165, 1.54) is 0 Å². The fourth-order valence-electron chi connectivity index (χ4n) is 3.27. The first-order valence-corrected chi connectivity index (χ1v) is 8.25. The van der Waals surface area contributed by atoms with E-state index < -0.39 is 5.97 Å². The number of aromatic nitrogens is 2. The summed E-state index contributed by atoms with van der Waals surface area (Å²) >= 11 is 0. The lowest BCUT2D eigenvalue weighted by atomic mass is 10.0. The number of pyridine rings is 1. The van der Waals surface area contributed by atoms with Crippen LogP contribution in [-0.4, -0.2) is 27.1 Å². The number of carboxylic acids is 1. The van der Waals surface area contributed by atoms with E-state index in [1.807, 2.05) is 42.5 Å². The molecule has 0 radical (unpaired) electrons. The Hall–Kier alpha value is -3.02. The second-order valence-corrected chi connectivity index (χ2v) is 6.30. The monoisotopic (exact) mass is 337 g/mol. The molecule has 2 aromatic heterocycles. The van der Waals surface area contributed by atoms with Gasteiger partial charge in [-0.05, 0) is 26.0 Å². The zero-order valence-corrected chi connectivity index (χ0v) is 14.1. The van der Waals surface area contributed by atoms with Gasteiger partial charge in [0.05, 0.1) is 29.6 Å². The van der Waals surface area contributed by atoms with Gasteiger partial charge < -0.3 is 19.6 Å². The van der Waals surface area contributed by atoms with Crippen LogP contribution >= 0.6 is 0 Å². The Balaban J connectivity index is 1.82. The van der Waals surface area contributed by atoms with Gasteiger partial charge in [0, 0.05) is 23.9 Å². The Bertz CT molecular complexity index is 977. The maximum atomic E-state index is 11.5. The number of benzene rings is 1. The lowest BCUT2D eigenvalue weighted by molar-refractivity contribution is 0.0696. The van der Waals surface area contributed by atoms with Gasteiger partial charge in [-0.1, -0.05) is 18.2 Å². The molecular weight excluding hydrogens is 318 g/mol. The van der Waals surface area contributed by atoms with E-state index in [4.69, 9.17) is 4.74 Å². The number of para-hydroxylation sites is 1. The summed E-state index contributed by atoms with van der Waals surface area (Å²) in [5.41, 5.74) is 4.59. The van der Waals surface area contributed by atoms with Gasteiger partial charge in [0.2, 0.25) is 0 Å². The van der Waals surface area contributed by atoms with Crippen molar-refractivity contribution in [1.82, 2.24) is 9.38 Å². The number of hydrogen-bond donors (Lipinski definition) is 2. The van der Waals surface area contributed by atoms with Crippen molar-refractivity contribution in [2.24, 2.45) is 0 Å². The van der Waals surface area contributed by atoms with E-state index in [2.05, 4.69) is 10.3 Å². The first-order chi connectivity index (χ1) is 12.0. The first kappa shape index (κ1) is 15.5. The number of rotatable bonds is 3. The molecule has 3 aromatic rings. The van der Waals surface area contributed by atoms with Crippen molar-refractivity contribution in [3.8, 4) is 5.75 Å². The molecule has 6 heteroatoms. The number of carbonyl (C=O) groups is 1. The van der Waals surface area contributed by atoms with Crippen LogP contribution < -0.4 is 10.1 Å². The third kappa shape index (κ3) is 2.59. The van der Waals surface area contributed by atoms with Crippen LogP contribution in [-0.2, 0) is 0 Å². The molecule has 4 rings (SSSR count). The summed E-state index contributed by atoms with van der Waals surface area (Å²) in [6.07, 6.45) is 2.43. The first-order valence-electron chi connectivity index (χ1n) is 8.25. The summed E-state index contributed by atoms with van der Waals surface area (Å²) in [7, 11) is 0. The van der Waals surface area contributed by atoms with Crippen LogP contribution in [0.25, 0.3) is 5.65 Å². The highest BCUT2D eigenvalue weighted by Gasteiger charge is 2.23. The minimum Gasteiger partial charge on any atom is -0.493 e. The van der Waals surface area contributed by atoms with Crippen molar-refractivity contribution in [3.05, 3.63) is 59.0 Å². The summed E-state index contributed by atoms with van der Waals surface area (Å²) in [6.45, 7) is 4.49. The highest BCUT2D eigenvalue weighted by molar-refractivity contribution is 5.90. The summed E-state index contributed by atoms with van der Waals surface area (Å²) in [5.74, 6) is -0.0876. The van der Waals surface area contributed by atoms with Gasteiger partial charge in [-0.3, -0.25) is 0 Å². The van der Waals surface area contributed by atoms with E-state index in [0.29, 0.717) is 6.61 Å². The van der Waals surface area contributed by atoms with Gasteiger partial charge in [0.25, 0.3) is 0 Å². The van der Waals surface area contributed by atoms with E-state index in [1.54, 1.807) is 12.3 Å². The van der Waals surface area contributed by atoms with E-state index in [9.17, 15) is 9.90 Å². The number of imidazole rings is 1. The lowest BCUT2D eigenvalue weighted by Crippen LogP contribution is -2.21. The minimum absolute atomic E-state index is 0.0510. The second-order valence-electron chi connectivity index (χ2n) is 6.30. The average Bonchev–Trinajstić information content (AvgIpc) is 2.90. The standard InChI is InChI=1S/C19H19N3O3/c1-11-12(2)22-10-13(19(23)24)9-16(18(22)20-11)21-15-7-8-25-17-6-4-3-5-14(15)17/h3-6,9-10,15,21H,7-8H2,1-2H3,(H,23,24). The topological polar surface area (TPSA) is 75.9 Å². The number of aromatic carboxylic acids is 1. The molecule has 2 N–H and O–H groups in total. The lowest BCUT2D eigenvalue weighted by Gasteiger charge is -2.27. The molecule has 1 atom stereocenters. The number of nitrogens with zero attached hydrogens (tertiary/aromatic N) is 2. The third-order valence-electron chi connectivity index (χ3n) is 4.73. The van der Waals surface area contributed by atoms with Gasteiger partial charge in [0.1, 0.15) is 5.75 Å². The van der Waals surface area contributed by atoms with E-state index in [-0.39, 0.29) is 11.6 Å². The van der Waals surface area contributed by atoms with Crippen LogP contribution in [0.4, 0.5) is 5.69 Å². The van der Waals surface area contributed by atoms with Crippen LogP contribution in [0.5, 0.6) is 5.75 Å². The highest BCUT2D eigenvalue weighted by Crippen LogP contribution is 2.35. The Morgan fingerprint density at radius 3 is 2.96 bits per heavy atom. The summed E-state index contributed by atoms with van der Waals surface area (Å²) < 4.78 is 7.55. The SMILES string of the molecule is Cc1nc2c(NC3CCOc4ccccc43)cc(C(=O)O)cn2c1C. The average molecular weight is 337 g/mol. The van der Waals surface area contributed by atoms with Crippen molar-refractivity contribution >= 4 is 17.3 Å². The molecule has 0 amide bonds. The van der Waals surface area contributed by atoms with Gasteiger partial charge in [-0.25, -0.2) is 9.78 Å². The molecule has 25 heavy (non-hydrogen) atoms. The maximum Gasteiger partial charge on any atom is 0.337 e. The molecular formula is C19H19N3O3. The zero-order valence-electron chi connectivity index (χ0n) is 14.1. The van der Waals surface area contributed by atoms with Crippen LogP contribution in [0.15, 0.2) is 36.5 Å². The van der Waals surface area contributed by atoms with Crippen LogP contribution in [0.3, 0.4) is 0 Å². The van der Waals surface area contributed by atoms with Gasteiger partial charge in [0.15, 0.2) is 5.65 Å². The molecule has 1 aromatic carbocycles. The summed E-state index contributed by atoms with van der Waals surface area (Å²) in [4.78, 5) is 16.1. The predicted octanol–water partition coefficient (Wildman–Crippen LogP) is 3.59. The smallest absolute Gasteiger partial charge is 0.337 e. The summed E-state index contributed by atoms with van der Waals surface area (Å²) in [6, 6.07) is 9.63. The summed E-state index contributed by atoms with van der Waals surface area (Å²) in [5, 5.41) is 12.9. The molecule has 1 aliphatic heterocycles. The van der Waals surface area contributed by atoms with Crippen molar-refractivity contribution in [1.29, 1.82) is 0 Å². The van der Waals surface area contributed by atoms with Crippen LogP contribution in [0.2, 0.25) is 0 Å². The number of hydrogen-bond acceptors (Lipinski definition) is 4. The molecule has 6 nitrogen and oxygen atoms in total. The van der Waals surface area contributed by atoms with Crippen molar-refractivity contribution in [2.45, 2.75) is 26.3 Å². The number of ether oxygens (including phenoxy) is 1. The van der Waals surface area contributed by atoms with Gasteiger partial charge >= 0.3 is 5.97 Å². The number of carboxylic acid groups (broad SMARTS) is 1. The normalized spacial score (nSPS) is 16.3. The molecule has 0 fully saturated rings.